The third kappa shape index (κ3) is 2010. The molecule has 0 aliphatic rings. The van der Waals surface area contributed by atoms with Crippen LogP contribution in [0.25, 0.3) is 0 Å². The first-order valence-electron chi connectivity index (χ1n) is 2.67. The summed E-state index contributed by atoms with van der Waals surface area (Å²) in [4.78, 5) is 0. The zero-order chi connectivity index (χ0) is 18.0. The van der Waals surface area contributed by atoms with E-state index in [1.165, 1.54) is 0 Å². The monoisotopic (exact) mass is 664 g/mol. The molecule has 0 aromatic heterocycles. The van der Waals surface area contributed by atoms with Gasteiger partial charge in [-0.25, -0.2) is 0 Å². The summed E-state index contributed by atoms with van der Waals surface area (Å²) in [5, 5.41) is 0. The van der Waals surface area contributed by atoms with E-state index in [0.29, 0.717) is 0 Å². The molecule has 0 heterocycles. The second-order valence-electron chi connectivity index (χ2n) is 1.63. The molecule has 0 rings (SSSR count). The standard InChI is InChI=1S/2Ce.4H2O4S/c;;4*1-5(2,3)4/h;;4*(H2,1,2,3,4)/q2*+4;;;;/p-8. The van der Waals surface area contributed by atoms with Crippen LogP contribution >= 0.6 is 0 Å². The largest absolute Gasteiger partial charge is 4.00 e. The zero-order valence-corrected chi connectivity index (χ0v) is 18.7. The smallest absolute Gasteiger partial charge is 0.759 e. The Hall–Kier alpha value is 2.23. The van der Waals surface area contributed by atoms with Crippen LogP contribution in [0.5, 0.6) is 0 Å². The van der Waals surface area contributed by atoms with Crippen LogP contribution in [0.4, 0.5) is 0 Å². The average molecular weight is 664 g/mol. The summed E-state index contributed by atoms with van der Waals surface area (Å²) in [7, 11) is -20.7. The summed E-state index contributed by atoms with van der Waals surface area (Å²) >= 11 is 0. The van der Waals surface area contributed by atoms with E-state index in [-0.39, 0.29) is 83.5 Å². The quantitative estimate of drug-likeness (QED) is 0.172. The van der Waals surface area contributed by atoms with Crippen molar-refractivity contribution >= 4 is 41.6 Å². The van der Waals surface area contributed by atoms with Crippen LogP contribution in [0.3, 0.4) is 0 Å². The fourth-order valence-electron chi connectivity index (χ4n) is 0. The first-order chi connectivity index (χ1) is 8.00. The molecule has 0 aliphatic carbocycles. The van der Waals surface area contributed by atoms with Gasteiger partial charge < -0.3 is 36.4 Å². The van der Waals surface area contributed by atoms with E-state index in [9.17, 15) is 0 Å². The maximum atomic E-state index is 8.52. The molecule has 22 heavy (non-hydrogen) atoms. The number of hydrogen-bond acceptors (Lipinski definition) is 16. The van der Waals surface area contributed by atoms with Gasteiger partial charge in [-0.1, -0.05) is 0 Å². The fourth-order valence-corrected chi connectivity index (χ4v) is 0. The van der Waals surface area contributed by atoms with Gasteiger partial charge in [-0.15, -0.1) is 0 Å². The van der Waals surface area contributed by atoms with Crippen molar-refractivity contribution in [3.05, 3.63) is 0 Å². The van der Waals surface area contributed by atoms with Crippen LogP contribution in [0.2, 0.25) is 0 Å². The number of hydrogen-bond donors (Lipinski definition) is 0. The minimum atomic E-state index is -5.17. The van der Waals surface area contributed by atoms with Gasteiger partial charge in [0.05, 0.1) is 0 Å². The molecule has 22 heteroatoms. The molecule has 0 radical (unpaired) electrons. The van der Waals surface area contributed by atoms with E-state index < -0.39 is 41.6 Å². The molecule has 0 saturated carbocycles. The van der Waals surface area contributed by atoms with E-state index in [2.05, 4.69) is 0 Å². The fraction of sp³-hybridized carbons (Fsp3) is 0. The van der Waals surface area contributed by atoms with Crippen LogP contribution in [0.15, 0.2) is 0 Å². The van der Waals surface area contributed by atoms with E-state index >= 15 is 0 Å². The molecule has 0 bridgehead atoms. The first kappa shape index (κ1) is 39.3. The predicted molar refractivity (Wildman–Crippen MR) is 41.9 cm³/mol. The van der Waals surface area contributed by atoms with Crippen molar-refractivity contribution in [2.75, 3.05) is 0 Å². The molecule has 0 spiro atoms. The molecule has 0 aromatic carbocycles. The van der Waals surface area contributed by atoms with Crippen LogP contribution in [0.1, 0.15) is 0 Å². The third-order valence-corrected chi connectivity index (χ3v) is 0. The van der Waals surface area contributed by atoms with Crippen LogP contribution in [-0.2, 0) is 41.6 Å². The van der Waals surface area contributed by atoms with Gasteiger partial charge in [0.1, 0.15) is 0 Å². The molecule has 0 fully saturated rings. The summed E-state index contributed by atoms with van der Waals surface area (Å²) in [5.41, 5.74) is 0. The molecule has 128 valence electrons. The number of rotatable bonds is 0. The van der Waals surface area contributed by atoms with Gasteiger partial charge in [-0.05, 0) is 0 Å². The van der Waals surface area contributed by atoms with Gasteiger partial charge in [0.25, 0.3) is 0 Å². The first-order valence-corrected chi connectivity index (χ1v) is 8.00. The Morgan fingerprint density at radius 3 is 0.318 bits per heavy atom. The van der Waals surface area contributed by atoms with Crippen molar-refractivity contribution in [3.63, 3.8) is 0 Å². The van der Waals surface area contributed by atoms with Gasteiger partial charge in [0.2, 0.25) is 0 Å². The van der Waals surface area contributed by atoms with E-state index in [0.717, 1.165) is 0 Å². The Labute approximate surface area is 192 Å². The van der Waals surface area contributed by atoms with Crippen molar-refractivity contribution in [2.24, 2.45) is 0 Å². The molecular weight excluding hydrogens is 664 g/mol. The molecule has 0 saturated heterocycles. The van der Waals surface area contributed by atoms with Crippen molar-refractivity contribution < 1.29 is 154 Å². The maximum Gasteiger partial charge on any atom is 4.00 e. The minimum absolute atomic E-state index is 0. The molecule has 0 atom stereocenters. The summed E-state index contributed by atoms with van der Waals surface area (Å²) in [6.07, 6.45) is 0. The van der Waals surface area contributed by atoms with Gasteiger partial charge in [0.15, 0.2) is 0 Å². The Morgan fingerprint density at radius 1 is 0.318 bits per heavy atom. The normalized spacial score (nSPS) is 10.5. The van der Waals surface area contributed by atoms with Gasteiger partial charge >= 0.3 is 83.5 Å². The summed E-state index contributed by atoms with van der Waals surface area (Å²) in [6.45, 7) is 0. The van der Waals surface area contributed by atoms with Gasteiger partial charge in [-0.3, -0.25) is 33.7 Å². The molecular formula is Ce2O16S4. The van der Waals surface area contributed by atoms with Crippen molar-refractivity contribution in [1.29, 1.82) is 0 Å². The van der Waals surface area contributed by atoms with E-state index in [1.807, 2.05) is 0 Å². The molecule has 0 unspecified atom stereocenters. The summed E-state index contributed by atoms with van der Waals surface area (Å²) in [5.74, 6) is 0. The Balaban J connectivity index is -0.0000000376. The van der Waals surface area contributed by atoms with Crippen LogP contribution < -0.4 is 0 Å². The molecule has 16 nitrogen and oxygen atoms in total. The minimum Gasteiger partial charge on any atom is -0.759 e. The summed E-state index contributed by atoms with van der Waals surface area (Å²) < 4.78 is 136. The second kappa shape index (κ2) is 16.7. The SMILES string of the molecule is O=S(=O)([O-])[O-].O=S(=O)([O-])[O-].O=S(=O)([O-])[O-].O=S(=O)([O-])[O-].[Ce+4].[Ce+4]. The average Bonchev–Trinajstić information content (AvgIpc) is 1.62. The van der Waals surface area contributed by atoms with Gasteiger partial charge in [-0.2, -0.15) is 0 Å². The zero-order valence-electron chi connectivity index (χ0n) is 9.16. The molecule has 0 aromatic rings. The Bertz CT molecular complexity index is 477. The Kier molecular flexibility index (Phi) is 29.8. The topological polar surface area (TPSA) is 321 Å². The molecule has 0 amide bonds. The maximum absolute atomic E-state index is 8.52. The van der Waals surface area contributed by atoms with Crippen molar-refractivity contribution in [2.45, 2.75) is 0 Å². The van der Waals surface area contributed by atoms with Crippen molar-refractivity contribution in [1.82, 2.24) is 0 Å². The molecule has 0 N–H and O–H groups in total. The van der Waals surface area contributed by atoms with Crippen LogP contribution in [-0.4, -0.2) is 70.1 Å². The predicted octanol–water partition coefficient (Wildman–Crippen LogP) is -5.35. The second-order valence-corrected chi connectivity index (χ2v) is 4.90. The Morgan fingerprint density at radius 2 is 0.318 bits per heavy atom. The van der Waals surface area contributed by atoms with Crippen molar-refractivity contribution in [3.8, 4) is 0 Å². The van der Waals surface area contributed by atoms with Crippen LogP contribution in [0, 0.1) is 83.5 Å². The molecule has 0 aliphatic heterocycles. The third-order valence-electron chi connectivity index (χ3n) is 0. The summed E-state index contributed by atoms with van der Waals surface area (Å²) in [6, 6.07) is 0. The van der Waals surface area contributed by atoms with E-state index in [1.54, 1.807) is 0 Å². The van der Waals surface area contributed by atoms with E-state index in [4.69, 9.17) is 70.1 Å². The van der Waals surface area contributed by atoms with Gasteiger partial charge in [0, 0.05) is 41.6 Å².